The van der Waals surface area contributed by atoms with Gasteiger partial charge in [0, 0.05) is 24.9 Å². The van der Waals surface area contributed by atoms with E-state index in [1.54, 1.807) is 16.8 Å². The lowest BCUT2D eigenvalue weighted by Gasteiger charge is -2.14. The van der Waals surface area contributed by atoms with Crippen molar-refractivity contribution in [1.82, 2.24) is 14.7 Å². The Morgan fingerprint density at radius 1 is 1.48 bits per heavy atom. The molecular formula is C21H26N5O3+. The lowest BCUT2D eigenvalue weighted by Crippen LogP contribution is -2.43. The maximum absolute atomic E-state index is 13.2. The number of aryl methyl sites for hydroxylation is 2. The van der Waals surface area contributed by atoms with E-state index in [0.29, 0.717) is 35.6 Å². The van der Waals surface area contributed by atoms with Crippen molar-refractivity contribution in [1.29, 1.82) is 0 Å². The number of carbonyl (C=O) groups excluding carboxylic acids is 1. The van der Waals surface area contributed by atoms with Crippen molar-refractivity contribution in [3.05, 3.63) is 45.9 Å². The fourth-order valence-electron chi connectivity index (χ4n) is 3.85. The molecule has 1 aliphatic heterocycles. The van der Waals surface area contributed by atoms with Crippen LogP contribution in [0.1, 0.15) is 42.1 Å². The summed E-state index contributed by atoms with van der Waals surface area (Å²) in [5, 5.41) is 3.27. The summed E-state index contributed by atoms with van der Waals surface area (Å²) in [5.74, 6) is 0.00696. The maximum atomic E-state index is 13.2. The Hall–Kier alpha value is -3.00. The Labute approximate surface area is 168 Å². The van der Waals surface area contributed by atoms with Crippen LogP contribution >= 0.6 is 0 Å². The van der Waals surface area contributed by atoms with Gasteiger partial charge in [-0.15, -0.1) is 0 Å². The van der Waals surface area contributed by atoms with Crippen molar-refractivity contribution in [2.45, 2.75) is 45.8 Å². The van der Waals surface area contributed by atoms with Gasteiger partial charge in [0.1, 0.15) is 10.9 Å². The number of nitrogen functional groups attached to an aromatic ring is 1. The molecule has 3 N–H and O–H groups in total. The normalized spacial score (nSPS) is 16.6. The minimum absolute atomic E-state index is 0.0302. The van der Waals surface area contributed by atoms with Crippen molar-refractivity contribution in [2.75, 3.05) is 18.9 Å². The Bertz CT molecular complexity index is 1150. The van der Waals surface area contributed by atoms with Crippen LogP contribution in [-0.4, -0.2) is 34.5 Å². The molecule has 4 heterocycles. The number of anilines is 1. The van der Waals surface area contributed by atoms with Gasteiger partial charge in [0.2, 0.25) is 11.5 Å². The summed E-state index contributed by atoms with van der Waals surface area (Å²) in [6.45, 7) is 5.64. The molecule has 29 heavy (non-hydrogen) atoms. The van der Waals surface area contributed by atoms with E-state index < -0.39 is 0 Å². The number of nitrogens with zero attached hydrogens (tertiary/aromatic N) is 3. The molecule has 0 aliphatic carbocycles. The SMILES string of the molecule is CCC[n+]1c(N)c(C(=O)NC[C@@H]2CCCO2)cc2c(=O)n3cccc(C)c3nc21. The van der Waals surface area contributed by atoms with Crippen LogP contribution in [0, 0.1) is 6.92 Å². The summed E-state index contributed by atoms with van der Waals surface area (Å²) in [7, 11) is 0. The molecule has 0 unspecified atom stereocenters. The molecule has 0 aromatic carbocycles. The van der Waals surface area contributed by atoms with E-state index in [1.807, 2.05) is 26.0 Å². The van der Waals surface area contributed by atoms with Crippen LogP contribution < -0.4 is 21.2 Å². The van der Waals surface area contributed by atoms with Gasteiger partial charge in [0.15, 0.2) is 0 Å². The number of nitrogens with two attached hydrogens (primary N) is 1. The summed E-state index contributed by atoms with van der Waals surface area (Å²) < 4.78 is 8.85. The molecule has 1 atom stereocenters. The summed E-state index contributed by atoms with van der Waals surface area (Å²) in [6.07, 6.45) is 4.45. The highest BCUT2D eigenvalue weighted by molar-refractivity contribution is 6.00. The van der Waals surface area contributed by atoms with Crippen molar-refractivity contribution in [3.8, 4) is 0 Å². The number of carbonyl (C=O) groups is 1. The van der Waals surface area contributed by atoms with Crippen LogP contribution in [0.3, 0.4) is 0 Å². The number of rotatable bonds is 5. The van der Waals surface area contributed by atoms with Crippen molar-refractivity contribution >= 4 is 28.4 Å². The smallest absolute Gasteiger partial charge is 0.278 e. The minimum atomic E-state index is -0.307. The molecule has 8 heteroatoms. The summed E-state index contributed by atoms with van der Waals surface area (Å²) in [6, 6.07) is 5.28. The van der Waals surface area contributed by atoms with E-state index in [0.717, 1.165) is 31.4 Å². The van der Waals surface area contributed by atoms with Crippen molar-refractivity contribution < 1.29 is 14.1 Å². The van der Waals surface area contributed by atoms with Gasteiger partial charge in [0.25, 0.3) is 17.1 Å². The van der Waals surface area contributed by atoms with Gasteiger partial charge in [-0.1, -0.05) is 18.0 Å². The molecule has 0 bridgehead atoms. The molecule has 1 aliphatic rings. The molecular weight excluding hydrogens is 370 g/mol. The second-order valence-corrected chi connectivity index (χ2v) is 7.48. The molecule has 0 saturated carbocycles. The van der Waals surface area contributed by atoms with Gasteiger partial charge < -0.3 is 15.8 Å². The maximum Gasteiger partial charge on any atom is 0.278 e. The lowest BCUT2D eigenvalue weighted by atomic mass is 10.1. The highest BCUT2D eigenvalue weighted by Crippen LogP contribution is 2.17. The lowest BCUT2D eigenvalue weighted by molar-refractivity contribution is -0.658. The number of nitrogens with one attached hydrogen (secondary N) is 1. The Morgan fingerprint density at radius 2 is 2.31 bits per heavy atom. The first kappa shape index (κ1) is 19.3. The first-order chi connectivity index (χ1) is 14.0. The largest absolute Gasteiger partial charge is 0.376 e. The number of aromatic nitrogens is 3. The molecule has 3 aromatic rings. The first-order valence-corrected chi connectivity index (χ1v) is 10.0. The fraction of sp³-hybridized carbons (Fsp3) is 0.429. The Morgan fingerprint density at radius 3 is 3.03 bits per heavy atom. The predicted molar refractivity (Wildman–Crippen MR) is 110 cm³/mol. The zero-order valence-corrected chi connectivity index (χ0v) is 16.8. The number of pyridine rings is 2. The molecule has 8 nitrogen and oxygen atoms in total. The molecule has 3 aromatic heterocycles. The summed E-state index contributed by atoms with van der Waals surface area (Å²) in [4.78, 5) is 30.8. The average molecular weight is 396 g/mol. The van der Waals surface area contributed by atoms with Gasteiger partial charge in [-0.05, 0) is 38.3 Å². The molecule has 1 fully saturated rings. The number of ether oxygens (including phenoxy) is 1. The molecule has 0 radical (unpaired) electrons. The van der Waals surface area contributed by atoms with Gasteiger partial charge in [0.05, 0.1) is 12.6 Å². The minimum Gasteiger partial charge on any atom is -0.376 e. The van der Waals surface area contributed by atoms with Gasteiger partial charge in [-0.25, -0.2) is 4.57 Å². The zero-order valence-electron chi connectivity index (χ0n) is 16.8. The van der Waals surface area contributed by atoms with Crippen molar-refractivity contribution in [2.24, 2.45) is 0 Å². The van der Waals surface area contributed by atoms with Crippen LogP contribution in [0.2, 0.25) is 0 Å². The average Bonchev–Trinajstić information content (AvgIpc) is 3.23. The van der Waals surface area contributed by atoms with Crippen LogP contribution in [-0.2, 0) is 11.3 Å². The van der Waals surface area contributed by atoms with E-state index in [-0.39, 0.29) is 23.1 Å². The fourth-order valence-corrected chi connectivity index (χ4v) is 3.85. The van der Waals surface area contributed by atoms with Gasteiger partial charge in [-0.3, -0.25) is 14.0 Å². The highest BCUT2D eigenvalue weighted by Gasteiger charge is 2.25. The molecule has 152 valence electrons. The first-order valence-electron chi connectivity index (χ1n) is 10.0. The number of hydrogen-bond donors (Lipinski definition) is 2. The quantitative estimate of drug-likeness (QED) is 0.501. The summed E-state index contributed by atoms with van der Waals surface area (Å²) >= 11 is 0. The Balaban J connectivity index is 1.86. The third-order valence-corrected chi connectivity index (χ3v) is 5.38. The predicted octanol–water partition coefficient (Wildman–Crippen LogP) is 1.34. The molecule has 1 amide bonds. The second kappa shape index (κ2) is 7.79. The van der Waals surface area contributed by atoms with Crippen LogP contribution in [0.5, 0.6) is 0 Å². The molecule has 1 saturated heterocycles. The monoisotopic (exact) mass is 396 g/mol. The van der Waals surface area contributed by atoms with Crippen molar-refractivity contribution in [3.63, 3.8) is 0 Å². The van der Waals surface area contributed by atoms with Crippen LogP contribution in [0.25, 0.3) is 16.7 Å². The van der Waals surface area contributed by atoms with E-state index >= 15 is 0 Å². The number of fused-ring (bicyclic) bond motifs is 2. The highest BCUT2D eigenvalue weighted by atomic mass is 16.5. The van der Waals surface area contributed by atoms with E-state index in [4.69, 9.17) is 15.5 Å². The topological polar surface area (TPSA) is 103 Å². The standard InChI is InChI=1S/C21H25N5O3/c1-3-8-25-17(22)15(20(27)23-12-14-7-5-10-29-14)11-16-19(25)24-18-13(2)6-4-9-26(18)21(16)28/h4,6,9,11,14,22H,3,5,7-8,10,12H2,1-2H3,(H,23,27)/p+1/t14-/m0/s1. The second-order valence-electron chi connectivity index (χ2n) is 7.48. The van der Waals surface area contributed by atoms with E-state index in [2.05, 4.69) is 5.32 Å². The number of hydrogen-bond acceptors (Lipinski definition) is 5. The van der Waals surface area contributed by atoms with Gasteiger partial charge >= 0.3 is 0 Å². The van der Waals surface area contributed by atoms with Crippen LogP contribution in [0.4, 0.5) is 5.82 Å². The van der Waals surface area contributed by atoms with E-state index in [1.165, 1.54) is 4.40 Å². The third-order valence-electron chi connectivity index (χ3n) is 5.38. The van der Waals surface area contributed by atoms with E-state index in [9.17, 15) is 9.59 Å². The molecule has 4 rings (SSSR count). The van der Waals surface area contributed by atoms with Gasteiger partial charge in [-0.2, -0.15) is 0 Å². The third kappa shape index (κ3) is 3.44. The molecule has 0 spiro atoms. The van der Waals surface area contributed by atoms with Crippen LogP contribution in [0.15, 0.2) is 29.2 Å². The summed E-state index contributed by atoms with van der Waals surface area (Å²) in [5.41, 5.74) is 8.43. The number of amides is 1. The Kier molecular flexibility index (Phi) is 5.19. The zero-order chi connectivity index (χ0) is 20.5.